The largest absolute Gasteiger partial charge is 0.376 e. The number of rotatable bonds is 3. The highest BCUT2D eigenvalue weighted by atomic mass is 79.9. The zero-order valence-electron chi connectivity index (χ0n) is 11.8. The van der Waals surface area contributed by atoms with Crippen molar-refractivity contribution in [2.45, 2.75) is 19.4 Å². The van der Waals surface area contributed by atoms with Crippen molar-refractivity contribution in [2.24, 2.45) is 0 Å². The molecule has 4 heteroatoms. The van der Waals surface area contributed by atoms with E-state index in [2.05, 4.69) is 34.2 Å². The number of fused-ring (bicyclic) bond motifs is 1. The van der Waals surface area contributed by atoms with Crippen LogP contribution in [0.5, 0.6) is 0 Å². The van der Waals surface area contributed by atoms with Crippen LogP contribution in [0.2, 0.25) is 0 Å². The molecule has 3 rings (SSSR count). The van der Waals surface area contributed by atoms with Gasteiger partial charge in [0.1, 0.15) is 0 Å². The fourth-order valence-corrected chi connectivity index (χ4v) is 3.21. The maximum Gasteiger partial charge on any atom is 0.246 e. The molecule has 0 saturated carbocycles. The summed E-state index contributed by atoms with van der Waals surface area (Å²) in [6, 6.07) is 16.2. The number of nitrogens with one attached hydrogen (secondary N) is 1. The molecular formula is C17H17BrN2O. The first kappa shape index (κ1) is 14.1. The van der Waals surface area contributed by atoms with Gasteiger partial charge in [-0.15, -0.1) is 0 Å². The molecule has 1 amide bonds. The van der Waals surface area contributed by atoms with Crippen LogP contribution in [0, 0.1) is 0 Å². The third-order valence-corrected chi connectivity index (χ3v) is 4.24. The Morgan fingerprint density at radius 1 is 1.29 bits per heavy atom. The van der Waals surface area contributed by atoms with Crippen molar-refractivity contribution in [3.8, 4) is 0 Å². The van der Waals surface area contributed by atoms with E-state index in [1.807, 2.05) is 47.4 Å². The molecule has 0 bridgehead atoms. The van der Waals surface area contributed by atoms with Gasteiger partial charge in [0, 0.05) is 21.9 Å². The maximum atomic E-state index is 12.5. The number of halogens is 1. The Morgan fingerprint density at radius 3 is 2.90 bits per heavy atom. The van der Waals surface area contributed by atoms with Gasteiger partial charge in [-0.3, -0.25) is 4.79 Å². The molecule has 108 valence electrons. The van der Waals surface area contributed by atoms with E-state index in [0.717, 1.165) is 22.3 Å². The summed E-state index contributed by atoms with van der Waals surface area (Å²) in [6.07, 6.45) is 0.929. The zero-order chi connectivity index (χ0) is 14.8. The number of carbonyl (C=O) groups is 1. The Hall–Kier alpha value is -1.81. The van der Waals surface area contributed by atoms with Crippen LogP contribution in [0.15, 0.2) is 53.0 Å². The highest BCUT2D eigenvalue weighted by molar-refractivity contribution is 9.10. The Morgan fingerprint density at radius 2 is 2.10 bits per heavy atom. The molecule has 1 aliphatic heterocycles. The fraction of sp³-hybridized carbons (Fsp3) is 0.235. The van der Waals surface area contributed by atoms with Crippen molar-refractivity contribution >= 4 is 33.2 Å². The first-order chi connectivity index (χ1) is 10.1. The summed E-state index contributed by atoms with van der Waals surface area (Å²) < 4.78 is 1.000. The molecule has 1 atom stereocenters. The van der Waals surface area contributed by atoms with Crippen LogP contribution in [0.3, 0.4) is 0 Å². The van der Waals surface area contributed by atoms with E-state index in [4.69, 9.17) is 0 Å². The Kier molecular flexibility index (Phi) is 3.97. The molecule has 21 heavy (non-hydrogen) atoms. The summed E-state index contributed by atoms with van der Waals surface area (Å²) in [7, 11) is 0. The van der Waals surface area contributed by atoms with E-state index in [-0.39, 0.29) is 11.9 Å². The van der Waals surface area contributed by atoms with Gasteiger partial charge in [0.25, 0.3) is 0 Å². The second-order valence-corrected chi connectivity index (χ2v) is 6.23. The second kappa shape index (κ2) is 5.90. The molecule has 3 nitrogen and oxygen atoms in total. The van der Waals surface area contributed by atoms with E-state index in [1.54, 1.807) is 0 Å². The van der Waals surface area contributed by atoms with Crippen molar-refractivity contribution < 1.29 is 4.79 Å². The van der Waals surface area contributed by atoms with Crippen LogP contribution in [-0.4, -0.2) is 18.5 Å². The average Bonchev–Trinajstić information content (AvgIpc) is 2.81. The van der Waals surface area contributed by atoms with Gasteiger partial charge in [-0.2, -0.15) is 0 Å². The maximum absolute atomic E-state index is 12.5. The lowest BCUT2D eigenvalue weighted by Crippen LogP contribution is -2.39. The number of hydrogen-bond donors (Lipinski definition) is 1. The minimum Gasteiger partial charge on any atom is -0.376 e. The normalized spacial score (nSPS) is 16.7. The minimum atomic E-state index is 0.104. The van der Waals surface area contributed by atoms with Gasteiger partial charge in [-0.05, 0) is 43.2 Å². The SMILES string of the molecule is CC1Cc2ccccc2N1C(=O)CNc1cccc(Br)c1. The Balaban J connectivity index is 1.71. The quantitative estimate of drug-likeness (QED) is 0.917. The van der Waals surface area contributed by atoms with Crippen LogP contribution in [0.1, 0.15) is 12.5 Å². The van der Waals surface area contributed by atoms with Crippen LogP contribution in [-0.2, 0) is 11.2 Å². The van der Waals surface area contributed by atoms with Crippen LogP contribution in [0.4, 0.5) is 11.4 Å². The molecule has 2 aromatic rings. The molecule has 0 saturated heterocycles. The van der Waals surface area contributed by atoms with E-state index in [9.17, 15) is 4.79 Å². The lowest BCUT2D eigenvalue weighted by atomic mass is 10.1. The highest BCUT2D eigenvalue weighted by Gasteiger charge is 2.29. The van der Waals surface area contributed by atoms with Gasteiger partial charge in [-0.1, -0.05) is 40.2 Å². The van der Waals surface area contributed by atoms with Gasteiger partial charge in [-0.25, -0.2) is 0 Å². The summed E-state index contributed by atoms with van der Waals surface area (Å²) in [5.74, 6) is 0.104. The summed E-state index contributed by atoms with van der Waals surface area (Å²) in [4.78, 5) is 14.4. The topological polar surface area (TPSA) is 32.3 Å². The van der Waals surface area contributed by atoms with Crippen molar-refractivity contribution in [1.29, 1.82) is 0 Å². The molecule has 0 spiro atoms. The molecule has 1 unspecified atom stereocenters. The smallest absolute Gasteiger partial charge is 0.246 e. The summed E-state index contributed by atoms with van der Waals surface area (Å²) in [5, 5.41) is 3.19. The van der Waals surface area contributed by atoms with Crippen molar-refractivity contribution in [3.63, 3.8) is 0 Å². The molecule has 1 N–H and O–H groups in total. The van der Waals surface area contributed by atoms with Gasteiger partial charge in [0.15, 0.2) is 0 Å². The Labute approximate surface area is 133 Å². The lowest BCUT2D eigenvalue weighted by molar-refractivity contribution is -0.117. The van der Waals surface area contributed by atoms with E-state index in [1.165, 1.54) is 5.56 Å². The average molecular weight is 345 g/mol. The number of nitrogens with zero attached hydrogens (tertiary/aromatic N) is 1. The summed E-state index contributed by atoms with van der Waals surface area (Å²) in [5.41, 5.74) is 3.24. The molecule has 1 heterocycles. The fourth-order valence-electron chi connectivity index (χ4n) is 2.81. The number of carbonyl (C=O) groups excluding carboxylic acids is 1. The molecule has 0 radical (unpaired) electrons. The molecular weight excluding hydrogens is 328 g/mol. The van der Waals surface area contributed by atoms with E-state index in [0.29, 0.717) is 6.54 Å². The molecule has 2 aromatic carbocycles. The zero-order valence-corrected chi connectivity index (χ0v) is 13.4. The van der Waals surface area contributed by atoms with Crippen LogP contribution >= 0.6 is 15.9 Å². The number of benzene rings is 2. The number of para-hydroxylation sites is 1. The predicted molar refractivity (Wildman–Crippen MR) is 89.7 cm³/mol. The third-order valence-electron chi connectivity index (χ3n) is 3.74. The monoisotopic (exact) mass is 344 g/mol. The van der Waals surface area contributed by atoms with Crippen LogP contribution < -0.4 is 10.2 Å². The third kappa shape index (κ3) is 2.95. The number of hydrogen-bond acceptors (Lipinski definition) is 2. The summed E-state index contributed by atoms with van der Waals surface area (Å²) >= 11 is 3.43. The minimum absolute atomic E-state index is 0.104. The molecule has 0 aliphatic carbocycles. The molecule has 1 aliphatic rings. The summed E-state index contributed by atoms with van der Waals surface area (Å²) in [6.45, 7) is 2.39. The van der Waals surface area contributed by atoms with Crippen molar-refractivity contribution in [3.05, 3.63) is 58.6 Å². The van der Waals surface area contributed by atoms with Gasteiger partial charge in [0.05, 0.1) is 6.54 Å². The van der Waals surface area contributed by atoms with Gasteiger partial charge in [0.2, 0.25) is 5.91 Å². The first-order valence-electron chi connectivity index (χ1n) is 7.04. The standard InChI is InChI=1S/C17H17BrN2O/c1-12-9-13-5-2-3-8-16(13)20(12)17(21)11-19-15-7-4-6-14(18)10-15/h2-8,10,12,19H,9,11H2,1H3. The predicted octanol–water partition coefficient (Wildman–Crippen LogP) is 3.84. The van der Waals surface area contributed by atoms with Gasteiger partial charge >= 0.3 is 0 Å². The van der Waals surface area contributed by atoms with Crippen molar-refractivity contribution in [2.75, 3.05) is 16.8 Å². The number of anilines is 2. The number of amides is 1. The molecule has 0 aromatic heterocycles. The van der Waals surface area contributed by atoms with Crippen LogP contribution in [0.25, 0.3) is 0 Å². The molecule has 0 fully saturated rings. The Bertz CT molecular complexity index is 671. The lowest BCUT2D eigenvalue weighted by Gasteiger charge is -2.23. The van der Waals surface area contributed by atoms with Crippen molar-refractivity contribution in [1.82, 2.24) is 0 Å². The second-order valence-electron chi connectivity index (χ2n) is 5.31. The highest BCUT2D eigenvalue weighted by Crippen LogP contribution is 2.31. The van der Waals surface area contributed by atoms with E-state index < -0.39 is 0 Å². The first-order valence-corrected chi connectivity index (χ1v) is 7.84. The van der Waals surface area contributed by atoms with Gasteiger partial charge < -0.3 is 10.2 Å². The van der Waals surface area contributed by atoms with E-state index >= 15 is 0 Å².